The van der Waals surface area contributed by atoms with E-state index in [0.29, 0.717) is 31.3 Å². The number of nitrogens with zero attached hydrogens (tertiary/aromatic N) is 2. The van der Waals surface area contributed by atoms with Crippen molar-refractivity contribution in [2.75, 3.05) is 49.6 Å². The molecule has 1 saturated heterocycles. The van der Waals surface area contributed by atoms with Crippen molar-refractivity contribution >= 4 is 23.2 Å². The fourth-order valence-corrected chi connectivity index (χ4v) is 3.60. The lowest BCUT2D eigenvalue weighted by Crippen LogP contribution is -2.52. The van der Waals surface area contributed by atoms with E-state index in [1.807, 2.05) is 0 Å². The third-order valence-corrected chi connectivity index (χ3v) is 4.74. The molecule has 0 saturated carbocycles. The van der Waals surface area contributed by atoms with E-state index >= 15 is 0 Å². The summed E-state index contributed by atoms with van der Waals surface area (Å²) in [6, 6.07) is 3.82. The maximum atomic E-state index is 14.7. The normalized spacial score (nSPS) is 16.3. The summed E-state index contributed by atoms with van der Waals surface area (Å²) in [4.78, 5) is 28.4. The van der Waals surface area contributed by atoms with Gasteiger partial charge in [-0.25, -0.2) is 4.39 Å². The SMILES string of the molecule is CC(C)CN(CC(C)(C)C)[C@H](CN)C(=O)Nc1ccc(N2CCOCC2=O)c(F)c1. The summed E-state index contributed by atoms with van der Waals surface area (Å²) >= 11 is 0. The largest absolute Gasteiger partial charge is 0.370 e. The van der Waals surface area contributed by atoms with Crippen molar-refractivity contribution < 1.29 is 18.7 Å². The van der Waals surface area contributed by atoms with E-state index in [1.165, 1.54) is 17.0 Å². The van der Waals surface area contributed by atoms with Crippen LogP contribution in [0.4, 0.5) is 15.8 Å². The maximum absolute atomic E-state index is 14.7. The van der Waals surface area contributed by atoms with Crippen molar-refractivity contribution in [3.8, 4) is 0 Å². The van der Waals surface area contributed by atoms with Gasteiger partial charge in [-0.3, -0.25) is 14.5 Å². The zero-order chi connectivity index (χ0) is 22.5. The number of halogens is 1. The van der Waals surface area contributed by atoms with Crippen LogP contribution in [0.25, 0.3) is 0 Å². The fraction of sp³-hybridized carbons (Fsp3) is 0.636. The van der Waals surface area contributed by atoms with E-state index < -0.39 is 11.9 Å². The first-order chi connectivity index (χ1) is 14.0. The topological polar surface area (TPSA) is 87.9 Å². The second kappa shape index (κ2) is 10.3. The lowest BCUT2D eigenvalue weighted by atomic mass is 9.94. The number of carbonyl (C=O) groups is 2. The molecule has 1 atom stereocenters. The van der Waals surface area contributed by atoms with Crippen molar-refractivity contribution in [3.63, 3.8) is 0 Å². The van der Waals surface area contributed by atoms with Crippen LogP contribution in [0.5, 0.6) is 0 Å². The van der Waals surface area contributed by atoms with Gasteiger partial charge in [0, 0.05) is 31.9 Å². The summed E-state index contributed by atoms with van der Waals surface area (Å²) < 4.78 is 19.8. The van der Waals surface area contributed by atoms with Gasteiger partial charge < -0.3 is 20.7 Å². The van der Waals surface area contributed by atoms with Crippen LogP contribution in [0.15, 0.2) is 18.2 Å². The summed E-state index contributed by atoms with van der Waals surface area (Å²) in [5, 5.41) is 2.79. The van der Waals surface area contributed by atoms with Crippen molar-refractivity contribution in [1.82, 2.24) is 4.90 Å². The number of nitrogens with one attached hydrogen (secondary N) is 1. The van der Waals surface area contributed by atoms with E-state index in [0.717, 1.165) is 6.54 Å². The van der Waals surface area contributed by atoms with Crippen LogP contribution in [0.3, 0.4) is 0 Å². The molecule has 1 fully saturated rings. The first kappa shape index (κ1) is 24.2. The van der Waals surface area contributed by atoms with Crippen LogP contribution in [0.2, 0.25) is 0 Å². The highest BCUT2D eigenvalue weighted by atomic mass is 19.1. The lowest BCUT2D eigenvalue weighted by Gasteiger charge is -2.36. The van der Waals surface area contributed by atoms with E-state index in [9.17, 15) is 14.0 Å². The molecule has 8 heteroatoms. The highest BCUT2D eigenvalue weighted by Crippen LogP contribution is 2.25. The number of benzene rings is 1. The average molecular weight is 423 g/mol. The Hall–Kier alpha value is -2.03. The van der Waals surface area contributed by atoms with E-state index in [-0.39, 0.29) is 36.1 Å². The molecule has 1 aliphatic heterocycles. The molecule has 1 aliphatic rings. The molecule has 0 unspecified atom stereocenters. The highest BCUT2D eigenvalue weighted by molar-refractivity contribution is 5.97. The average Bonchev–Trinajstić information content (AvgIpc) is 2.61. The molecular formula is C22H35FN4O3. The second-order valence-electron chi connectivity index (χ2n) is 9.39. The minimum Gasteiger partial charge on any atom is -0.370 e. The Kier molecular flexibility index (Phi) is 8.34. The molecule has 0 aromatic heterocycles. The van der Waals surface area contributed by atoms with Crippen molar-refractivity contribution in [2.45, 2.75) is 40.7 Å². The molecule has 0 aliphatic carbocycles. The molecule has 30 heavy (non-hydrogen) atoms. The second-order valence-corrected chi connectivity index (χ2v) is 9.39. The van der Waals surface area contributed by atoms with Gasteiger partial charge in [0.25, 0.3) is 5.91 Å². The van der Waals surface area contributed by atoms with E-state index in [1.54, 1.807) is 6.07 Å². The number of hydrogen-bond donors (Lipinski definition) is 2. The third kappa shape index (κ3) is 6.75. The predicted octanol–water partition coefficient (Wildman–Crippen LogP) is 2.46. The van der Waals surface area contributed by atoms with E-state index in [2.05, 4.69) is 44.8 Å². The van der Waals surface area contributed by atoms with Crippen molar-refractivity contribution in [2.24, 2.45) is 17.1 Å². The predicted molar refractivity (Wildman–Crippen MR) is 117 cm³/mol. The van der Waals surface area contributed by atoms with Crippen LogP contribution < -0.4 is 16.0 Å². The minimum atomic E-state index is -0.568. The van der Waals surface area contributed by atoms with Crippen LogP contribution in [-0.2, 0) is 14.3 Å². The number of anilines is 2. The Morgan fingerprint density at radius 2 is 2.07 bits per heavy atom. The van der Waals surface area contributed by atoms with Gasteiger partial charge in [-0.2, -0.15) is 0 Å². The summed E-state index contributed by atoms with van der Waals surface area (Å²) in [6.07, 6.45) is 0. The first-order valence-corrected chi connectivity index (χ1v) is 10.4. The highest BCUT2D eigenvalue weighted by Gasteiger charge is 2.29. The van der Waals surface area contributed by atoms with Gasteiger partial charge >= 0.3 is 0 Å². The Morgan fingerprint density at radius 1 is 1.37 bits per heavy atom. The quantitative estimate of drug-likeness (QED) is 0.672. The molecule has 1 aromatic rings. The smallest absolute Gasteiger partial charge is 0.253 e. The third-order valence-electron chi connectivity index (χ3n) is 4.74. The van der Waals surface area contributed by atoms with Gasteiger partial charge in [0.1, 0.15) is 18.5 Å². The first-order valence-electron chi connectivity index (χ1n) is 10.4. The molecule has 7 nitrogen and oxygen atoms in total. The number of hydrogen-bond acceptors (Lipinski definition) is 5. The number of morpholine rings is 1. The van der Waals surface area contributed by atoms with Crippen LogP contribution in [-0.4, -0.2) is 62.1 Å². The standard InChI is InChI=1S/C22H35FN4O3/c1-15(2)12-26(14-22(3,4)5)19(11-24)21(29)25-16-6-7-18(17(23)10-16)27-8-9-30-13-20(27)28/h6-7,10,15,19H,8-9,11-14,24H2,1-5H3,(H,25,29)/t19-/m1/s1. The lowest BCUT2D eigenvalue weighted by molar-refractivity contribution is -0.125. The Bertz CT molecular complexity index is 748. The van der Waals surface area contributed by atoms with Gasteiger partial charge in [-0.05, 0) is 29.5 Å². The maximum Gasteiger partial charge on any atom is 0.253 e. The Balaban J connectivity index is 2.15. The number of rotatable bonds is 8. The molecule has 168 valence electrons. The molecule has 0 radical (unpaired) electrons. The van der Waals surface area contributed by atoms with Crippen molar-refractivity contribution in [1.29, 1.82) is 0 Å². The van der Waals surface area contributed by atoms with Crippen LogP contribution in [0, 0.1) is 17.2 Å². The Morgan fingerprint density at radius 3 is 2.60 bits per heavy atom. The van der Waals surface area contributed by atoms with Gasteiger partial charge in [0.05, 0.1) is 12.3 Å². The Labute approximate surface area is 178 Å². The molecule has 0 spiro atoms. The number of amides is 2. The number of ether oxygens (including phenoxy) is 1. The number of carbonyl (C=O) groups excluding carboxylic acids is 2. The minimum absolute atomic E-state index is 0.00103. The van der Waals surface area contributed by atoms with Crippen molar-refractivity contribution in [3.05, 3.63) is 24.0 Å². The van der Waals surface area contributed by atoms with Crippen LogP contribution in [0.1, 0.15) is 34.6 Å². The van der Waals surface area contributed by atoms with Gasteiger partial charge in [0.15, 0.2) is 0 Å². The monoisotopic (exact) mass is 422 g/mol. The molecule has 1 aromatic carbocycles. The summed E-state index contributed by atoms with van der Waals surface area (Å²) in [5.41, 5.74) is 6.48. The van der Waals surface area contributed by atoms with E-state index in [4.69, 9.17) is 10.5 Å². The molecule has 2 amide bonds. The van der Waals surface area contributed by atoms with Gasteiger partial charge in [-0.15, -0.1) is 0 Å². The molecule has 0 bridgehead atoms. The summed E-state index contributed by atoms with van der Waals surface area (Å²) in [5.74, 6) is -0.748. The van der Waals surface area contributed by atoms with Gasteiger partial charge in [-0.1, -0.05) is 34.6 Å². The summed E-state index contributed by atoms with van der Waals surface area (Å²) in [7, 11) is 0. The summed E-state index contributed by atoms with van der Waals surface area (Å²) in [6.45, 7) is 12.8. The van der Waals surface area contributed by atoms with Gasteiger partial charge in [0.2, 0.25) is 5.91 Å². The number of nitrogens with two attached hydrogens (primary N) is 1. The zero-order valence-electron chi connectivity index (χ0n) is 18.7. The fourth-order valence-electron chi connectivity index (χ4n) is 3.60. The molecular weight excluding hydrogens is 387 g/mol. The molecule has 2 rings (SSSR count). The molecule has 3 N–H and O–H groups in total. The van der Waals surface area contributed by atoms with Crippen LogP contribution >= 0.6 is 0 Å². The zero-order valence-corrected chi connectivity index (χ0v) is 18.7. The molecule has 1 heterocycles.